The van der Waals surface area contributed by atoms with Crippen molar-refractivity contribution in [3.63, 3.8) is 0 Å². The Labute approximate surface area is 229 Å². The number of sulfonamides is 1. The minimum atomic E-state index is -3.83. The first-order valence-corrected chi connectivity index (χ1v) is 14.9. The molecule has 1 atom stereocenters. The third kappa shape index (κ3) is 6.71. The predicted octanol–water partition coefficient (Wildman–Crippen LogP) is 4.09. The molecule has 1 fully saturated rings. The van der Waals surface area contributed by atoms with Gasteiger partial charge in [0.15, 0.2) is 11.5 Å². The van der Waals surface area contributed by atoms with Gasteiger partial charge in [0.1, 0.15) is 12.6 Å². The van der Waals surface area contributed by atoms with E-state index in [-0.39, 0.29) is 36.7 Å². The van der Waals surface area contributed by atoms with Crippen LogP contribution in [0.2, 0.25) is 5.02 Å². The van der Waals surface area contributed by atoms with Crippen LogP contribution in [0.15, 0.2) is 42.5 Å². The number of rotatable bonds is 10. The van der Waals surface area contributed by atoms with Gasteiger partial charge in [-0.05, 0) is 56.5 Å². The van der Waals surface area contributed by atoms with Crippen LogP contribution in [0.5, 0.6) is 11.5 Å². The van der Waals surface area contributed by atoms with Crippen molar-refractivity contribution >= 4 is 39.1 Å². The number of carbonyl (C=O) groups is 2. The normalized spacial score (nSPS) is 16.1. The lowest BCUT2D eigenvalue weighted by molar-refractivity contribution is -0.139. The molecule has 4 rings (SSSR count). The smallest absolute Gasteiger partial charge is 0.244 e. The van der Waals surface area contributed by atoms with Crippen LogP contribution in [0.3, 0.4) is 0 Å². The molecule has 38 heavy (non-hydrogen) atoms. The molecule has 2 amide bonds. The van der Waals surface area contributed by atoms with Crippen LogP contribution in [0.1, 0.15) is 51.5 Å². The molecule has 0 saturated heterocycles. The molecule has 206 valence electrons. The van der Waals surface area contributed by atoms with Gasteiger partial charge in [-0.25, -0.2) is 8.42 Å². The summed E-state index contributed by atoms with van der Waals surface area (Å²) in [7, 11) is -3.83. The number of ether oxygens (including phenoxy) is 2. The topological polar surface area (TPSA) is 105 Å². The number of benzene rings is 2. The summed E-state index contributed by atoms with van der Waals surface area (Å²) >= 11 is 6.04. The van der Waals surface area contributed by atoms with Gasteiger partial charge in [0.25, 0.3) is 0 Å². The van der Waals surface area contributed by atoms with E-state index < -0.39 is 28.5 Å². The molecule has 11 heteroatoms. The van der Waals surface area contributed by atoms with E-state index in [0.29, 0.717) is 16.5 Å². The number of amides is 2. The van der Waals surface area contributed by atoms with E-state index in [1.807, 2.05) is 0 Å². The summed E-state index contributed by atoms with van der Waals surface area (Å²) in [5.74, 6) is -0.0483. The molecule has 1 aliphatic heterocycles. The van der Waals surface area contributed by atoms with Gasteiger partial charge in [0.2, 0.25) is 28.6 Å². The summed E-state index contributed by atoms with van der Waals surface area (Å²) in [6.07, 6.45) is 5.11. The van der Waals surface area contributed by atoms with Gasteiger partial charge in [0, 0.05) is 23.7 Å². The lowest BCUT2D eigenvalue weighted by atomic mass is 9.95. The molecule has 1 aliphatic carbocycles. The van der Waals surface area contributed by atoms with Gasteiger partial charge >= 0.3 is 0 Å². The number of fused-ring (bicyclic) bond motifs is 1. The van der Waals surface area contributed by atoms with Crippen molar-refractivity contribution < 1.29 is 27.5 Å². The second-order valence-corrected chi connectivity index (χ2v) is 12.2. The molecule has 2 aromatic rings. The van der Waals surface area contributed by atoms with Gasteiger partial charge in [-0.15, -0.1) is 0 Å². The summed E-state index contributed by atoms with van der Waals surface area (Å²) in [5, 5.41) is 3.64. The molecule has 0 spiro atoms. The Balaban J connectivity index is 1.60. The van der Waals surface area contributed by atoms with Crippen molar-refractivity contribution in [2.45, 2.75) is 64.6 Å². The number of hydrogen-bond donors (Lipinski definition) is 1. The van der Waals surface area contributed by atoms with Crippen LogP contribution < -0.4 is 19.1 Å². The highest BCUT2D eigenvalue weighted by Crippen LogP contribution is 2.36. The van der Waals surface area contributed by atoms with Crippen molar-refractivity contribution in [2.24, 2.45) is 0 Å². The quantitative estimate of drug-likeness (QED) is 0.467. The first-order valence-electron chi connectivity index (χ1n) is 12.9. The van der Waals surface area contributed by atoms with Crippen molar-refractivity contribution in [1.29, 1.82) is 0 Å². The minimum Gasteiger partial charge on any atom is -0.454 e. The van der Waals surface area contributed by atoms with Crippen LogP contribution in [-0.4, -0.2) is 56.3 Å². The standard InChI is InChI=1S/C27H34ClN3O6S/c1-3-38(34,35)31(23-13-14-24-25(15-23)37-18-36-24)17-26(32)30(16-20-9-11-21(28)12-10-20)19(2)27(33)29-22-7-5-4-6-8-22/h9-15,19,22H,3-8,16-18H2,1-2H3,(H,29,33)/t19-/m1/s1. The Morgan fingerprint density at radius 2 is 1.74 bits per heavy atom. The fourth-order valence-electron chi connectivity index (χ4n) is 4.70. The van der Waals surface area contributed by atoms with Gasteiger partial charge < -0.3 is 19.7 Å². The summed E-state index contributed by atoms with van der Waals surface area (Å²) in [4.78, 5) is 28.5. The molecule has 0 bridgehead atoms. The Kier molecular flexibility index (Phi) is 9.04. The van der Waals surface area contributed by atoms with Gasteiger partial charge in [-0.3, -0.25) is 13.9 Å². The SMILES string of the molecule is CCS(=O)(=O)N(CC(=O)N(Cc1ccc(Cl)cc1)[C@H](C)C(=O)NC1CCCCC1)c1ccc2c(c1)OCO2. The number of carbonyl (C=O) groups excluding carboxylic acids is 2. The lowest BCUT2D eigenvalue weighted by Gasteiger charge is -2.33. The van der Waals surface area contributed by atoms with E-state index in [4.69, 9.17) is 21.1 Å². The van der Waals surface area contributed by atoms with E-state index in [1.54, 1.807) is 49.4 Å². The van der Waals surface area contributed by atoms with Crippen LogP contribution in [-0.2, 0) is 26.2 Å². The first kappa shape index (κ1) is 28.0. The maximum Gasteiger partial charge on any atom is 0.244 e. The van der Waals surface area contributed by atoms with Crippen LogP contribution >= 0.6 is 11.6 Å². The van der Waals surface area contributed by atoms with Crippen molar-refractivity contribution in [2.75, 3.05) is 23.4 Å². The number of hydrogen-bond acceptors (Lipinski definition) is 6. The molecule has 2 aromatic carbocycles. The lowest BCUT2D eigenvalue weighted by Crippen LogP contribution is -2.53. The molecule has 0 aromatic heterocycles. The molecule has 9 nitrogen and oxygen atoms in total. The molecule has 0 radical (unpaired) electrons. The zero-order chi connectivity index (χ0) is 27.3. The maximum atomic E-state index is 13.8. The summed E-state index contributed by atoms with van der Waals surface area (Å²) < 4.78 is 38.0. The van der Waals surface area contributed by atoms with Crippen LogP contribution in [0, 0.1) is 0 Å². The largest absolute Gasteiger partial charge is 0.454 e. The Morgan fingerprint density at radius 1 is 1.05 bits per heavy atom. The van der Waals surface area contributed by atoms with E-state index in [1.165, 1.54) is 11.8 Å². The van der Waals surface area contributed by atoms with E-state index in [9.17, 15) is 18.0 Å². The van der Waals surface area contributed by atoms with Crippen LogP contribution in [0.4, 0.5) is 5.69 Å². The third-order valence-corrected chi connectivity index (χ3v) is 9.00. The number of nitrogens with zero attached hydrogens (tertiary/aromatic N) is 2. The molecular weight excluding hydrogens is 530 g/mol. The molecule has 2 aliphatic rings. The minimum absolute atomic E-state index is 0.0424. The van der Waals surface area contributed by atoms with E-state index >= 15 is 0 Å². The summed E-state index contributed by atoms with van der Waals surface area (Å²) in [6, 6.07) is 11.0. The Hall–Kier alpha value is -2.98. The Morgan fingerprint density at radius 3 is 2.42 bits per heavy atom. The predicted molar refractivity (Wildman–Crippen MR) is 146 cm³/mol. The van der Waals surface area contributed by atoms with Crippen molar-refractivity contribution in [3.8, 4) is 11.5 Å². The monoisotopic (exact) mass is 563 g/mol. The average Bonchev–Trinajstić information content (AvgIpc) is 3.39. The highest BCUT2D eigenvalue weighted by Gasteiger charge is 2.32. The summed E-state index contributed by atoms with van der Waals surface area (Å²) in [5.41, 5.74) is 1.06. The fraction of sp³-hybridized carbons (Fsp3) is 0.481. The zero-order valence-electron chi connectivity index (χ0n) is 21.7. The van der Waals surface area contributed by atoms with E-state index in [2.05, 4.69) is 5.32 Å². The Bertz CT molecular complexity index is 1250. The second-order valence-electron chi connectivity index (χ2n) is 9.61. The molecule has 1 N–H and O–H groups in total. The molecule has 0 unspecified atom stereocenters. The average molecular weight is 564 g/mol. The fourth-order valence-corrected chi connectivity index (χ4v) is 5.88. The molecule has 1 saturated carbocycles. The molecule has 1 heterocycles. The third-order valence-electron chi connectivity index (χ3n) is 7.01. The first-order chi connectivity index (χ1) is 18.2. The number of anilines is 1. The van der Waals surface area contributed by atoms with E-state index in [0.717, 1.165) is 42.0 Å². The second kappa shape index (κ2) is 12.3. The van der Waals surface area contributed by atoms with Crippen molar-refractivity contribution in [3.05, 3.63) is 53.1 Å². The number of halogens is 1. The summed E-state index contributed by atoms with van der Waals surface area (Å²) in [6.45, 7) is 2.89. The van der Waals surface area contributed by atoms with Gasteiger partial charge in [0.05, 0.1) is 11.4 Å². The number of nitrogens with one attached hydrogen (secondary N) is 1. The van der Waals surface area contributed by atoms with Gasteiger partial charge in [-0.1, -0.05) is 43.0 Å². The highest BCUT2D eigenvalue weighted by molar-refractivity contribution is 7.92. The molecular formula is C27H34ClN3O6S. The van der Waals surface area contributed by atoms with Crippen molar-refractivity contribution in [1.82, 2.24) is 10.2 Å². The van der Waals surface area contributed by atoms with Crippen LogP contribution in [0.25, 0.3) is 0 Å². The maximum absolute atomic E-state index is 13.8. The van der Waals surface area contributed by atoms with Gasteiger partial charge in [-0.2, -0.15) is 0 Å². The highest BCUT2D eigenvalue weighted by atomic mass is 35.5. The zero-order valence-corrected chi connectivity index (χ0v) is 23.3.